The lowest BCUT2D eigenvalue weighted by Crippen LogP contribution is -2.12. The van der Waals surface area contributed by atoms with Gasteiger partial charge in [-0.3, -0.25) is 10.1 Å². The molecule has 0 spiro atoms. The quantitative estimate of drug-likeness (QED) is 0.766. The minimum Gasteiger partial charge on any atom is -0.324 e. The summed E-state index contributed by atoms with van der Waals surface area (Å²) in [7, 11) is 0. The maximum Gasteiger partial charge on any atom is 0.268 e. The fourth-order valence-electron chi connectivity index (χ4n) is 1.99. The number of amides is 1. The van der Waals surface area contributed by atoms with Crippen LogP contribution in [-0.2, 0) is 6.42 Å². The molecule has 2 aromatic heterocycles. The average Bonchev–Trinajstić information content (AvgIpc) is 3.03. The van der Waals surface area contributed by atoms with Gasteiger partial charge in [0.15, 0.2) is 0 Å². The summed E-state index contributed by atoms with van der Waals surface area (Å²) >= 11 is 1.45. The Kier molecular flexibility index (Phi) is 3.05. The first-order valence-corrected chi connectivity index (χ1v) is 6.98. The number of carbonyl (C=O) groups excluding carboxylic acids is 1. The van der Waals surface area contributed by atoms with E-state index in [1.54, 1.807) is 0 Å². The van der Waals surface area contributed by atoms with E-state index in [2.05, 4.69) is 15.3 Å². The molecule has 0 aliphatic heterocycles. The summed E-state index contributed by atoms with van der Waals surface area (Å²) in [6.07, 6.45) is 0.854. The first-order chi connectivity index (χ1) is 9.28. The molecule has 1 aromatic carbocycles. The third-order valence-electron chi connectivity index (χ3n) is 2.96. The molecule has 2 N–H and O–H groups in total. The second-order valence-corrected chi connectivity index (χ2v) is 5.10. The number of nitrogens with one attached hydrogen (secondary N) is 2. The van der Waals surface area contributed by atoms with Gasteiger partial charge in [-0.15, -0.1) is 11.3 Å². The van der Waals surface area contributed by atoms with Crippen molar-refractivity contribution in [1.29, 1.82) is 0 Å². The van der Waals surface area contributed by atoms with Crippen molar-refractivity contribution in [3.8, 4) is 0 Å². The first-order valence-electron chi connectivity index (χ1n) is 6.10. The van der Waals surface area contributed by atoms with Crippen LogP contribution in [0, 0.1) is 0 Å². The Balaban J connectivity index is 1.86. The number of aromatic nitrogens is 2. The molecule has 3 rings (SSSR count). The molecule has 0 unspecified atom stereocenters. The Bertz CT molecular complexity index is 696. The Morgan fingerprint density at radius 3 is 3.00 bits per heavy atom. The van der Waals surface area contributed by atoms with E-state index in [9.17, 15) is 4.79 Å². The molecule has 0 aliphatic carbocycles. The van der Waals surface area contributed by atoms with Crippen LogP contribution in [0.2, 0.25) is 0 Å². The highest BCUT2D eigenvalue weighted by Crippen LogP contribution is 2.19. The maximum atomic E-state index is 12.2. The molecular weight excluding hydrogens is 258 g/mol. The number of imidazole rings is 1. The molecule has 0 saturated heterocycles. The summed E-state index contributed by atoms with van der Waals surface area (Å²) in [4.78, 5) is 20.3. The number of carbonyl (C=O) groups is 1. The zero-order valence-corrected chi connectivity index (χ0v) is 11.3. The number of fused-ring (bicyclic) bond motifs is 1. The molecule has 0 radical (unpaired) electrons. The van der Waals surface area contributed by atoms with E-state index in [0.29, 0.717) is 5.95 Å². The smallest absolute Gasteiger partial charge is 0.268 e. The molecule has 0 fully saturated rings. The van der Waals surface area contributed by atoms with Crippen molar-refractivity contribution in [3.63, 3.8) is 0 Å². The van der Waals surface area contributed by atoms with Crippen molar-refractivity contribution < 1.29 is 4.79 Å². The number of aryl methyl sites for hydroxylation is 1. The number of aromatic amines is 1. The number of H-pyrrole nitrogens is 1. The van der Waals surface area contributed by atoms with E-state index in [-0.39, 0.29) is 5.91 Å². The molecule has 2 heterocycles. The van der Waals surface area contributed by atoms with Crippen LogP contribution >= 0.6 is 11.3 Å². The van der Waals surface area contributed by atoms with E-state index in [0.717, 1.165) is 27.9 Å². The fourth-order valence-corrected chi connectivity index (χ4v) is 2.88. The van der Waals surface area contributed by atoms with E-state index in [1.807, 2.05) is 42.6 Å². The number of hydrogen-bond acceptors (Lipinski definition) is 3. The van der Waals surface area contributed by atoms with E-state index in [4.69, 9.17) is 0 Å². The number of para-hydroxylation sites is 2. The molecule has 0 bridgehead atoms. The second kappa shape index (κ2) is 4.85. The van der Waals surface area contributed by atoms with Gasteiger partial charge in [0.2, 0.25) is 5.95 Å². The van der Waals surface area contributed by atoms with Crippen LogP contribution in [0.5, 0.6) is 0 Å². The first kappa shape index (κ1) is 11.9. The van der Waals surface area contributed by atoms with Gasteiger partial charge in [-0.25, -0.2) is 4.98 Å². The minimum absolute atomic E-state index is 0.106. The van der Waals surface area contributed by atoms with Gasteiger partial charge in [-0.2, -0.15) is 0 Å². The normalized spacial score (nSPS) is 10.8. The lowest BCUT2D eigenvalue weighted by molar-refractivity contribution is 0.102. The second-order valence-electron chi connectivity index (χ2n) is 4.19. The predicted molar refractivity (Wildman–Crippen MR) is 77.7 cm³/mol. The summed E-state index contributed by atoms with van der Waals surface area (Å²) < 4.78 is 0. The van der Waals surface area contributed by atoms with Crippen LogP contribution in [0.15, 0.2) is 35.7 Å². The van der Waals surface area contributed by atoms with Crippen LogP contribution in [0.1, 0.15) is 22.2 Å². The van der Waals surface area contributed by atoms with E-state index in [1.165, 1.54) is 11.3 Å². The Hall–Kier alpha value is -2.14. The van der Waals surface area contributed by atoms with Gasteiger partial charge in [0.05, 0.1) is 15.9 Å². The Morgan fingerprint density at radius 2 is 2.21 bits per heavy atom. The lowest BCUT2D eigenvalue weighted by Gasteiger charge is -2.01. The molecule has 1 amide bonds. The SMILES string of the molecule is CCc1ccsc1C(=O)Nc1nc2ccccc2[nH]1. The third-order valence-corrected chi connectivity index (χ3v) is 3.91. The largest absolute Gasteiger partial charge is 0.324 e. The summed E-state index contributed by atoms with van der Waals surface area (Å²) in [5.74, 6) is 0.382. The molecule has 96 valence electrons. The van der Waals surface area contributed by atoms with Crippen molar-refractivity contribution in [2.24, 2.45) is 0 Å². The molecular formula is C14H13N3OS. The van der Waals surface area contributed by atoms with Gasteiger partial charge in [0, 0.05) is 0 Å². The van der Waals surface area contributed by atoms with Gasteiger partial charge in [-0.05, 0) is 35.6 Å². The van der Waals surface area contributed by atoms with Crippen LogP contribution in [0.3, 0.4) is 0 Å². The zero-order chi connectivity index (χ0) is 13.2. The van der Waals surface area contributed by atoms with Gasteiger partial charge in [-0.1, -0.05) is 19.1 Å². The molecule has 5 heteroatoms. The topological polar surface area (TPSA) is 57.8 Å². The Morgan fingerprint density at radius 1 is 1.37 bits per heavy atom. The highest BCUT2D eigenvalue weighted by Gasteiger charge is 2.13. The van der Waals surface area contributed by atoms with Gasteiger partial charge in [0.1, 0.15) is 0 Å². The van der Waals surface area contributed by atoms with Gasteiger partial charge < -0.3 is 4.98 Å². The average molecular weight is 271 g/mol. The maximum absolute atomic E-state index is 12.2. The van der Waals surface area contributed by atoms with Crippen molar-refractivity contribution >= 4 is 34.2 Å². The van der Waals surface area contributed by atoms with Crippen molar-refractivity contribution in [1.82, 2.24) is 9.97 Å². The minimum atomic E-state index is -0.106. The zero-order valence-electron chi connectivity index (χ0n) is 10.4. The monoisotopic (exact) mass is 271 g/mol. The number of thiophene rings is 1. The van der Waals surface area contributed by atoms with Crippen LogP contribution in [-0.4, -0.2) is 15.9 Å². The van der Waals surface area contributed by atoms with Gasteiger partial charge in [0.25, 0.3) is 5.91 Å². The summed E-state index contributed by atoms with van der Waals surface area (Å²) in [5.41, 5.74) is 2.83. The van der Waals surface area contributed by atoms with Crippen molar-refractivity contribution in [2.45, 2.75) is 13.3 Å². The molecule has 4 nitrogen and oxygen atoms in total. The molecule has 0 atom stereocenters. The number of hydrogen-bond donors (Lipinski definition) is 2. The van der Waals surface area contributed by atoms with E-state index >= 15 is 0 Å². The van der Waals surface area contributed by atoms with Gasteiger partial charge >= 0.3 is 0 Å². The number of benzene rings is 1. The molecule has 19 heavy (non-hydrogen) atoms. The molecule has 3 aromatic rings. The standard InChI is InChI=1S/C14H13N3OS/c1-2-9-7-8-19-12(9)13(18)17-14-15-10-5-3-4-6-11(10)16-14/h3-8H,2H2,1H3,(H2,15,16,17,18). The van der Waals surface area contributed by atoms with Crippen LogP contribution in [0.4, 0.5) is 5.95 Å². The number of nitrogens with zero attached hydrogens (tertiary/aromatic N) is 1. The van der Waals surface area contributed by atoms with Crippen molar-refractivity contribution in [3.05, 3.63) is 46.2 Å². The summed E-state index contributed by atoms with van der Waals surface area (Å²) in [6.45, 7) is 2.04. The highest BCUT2D eigenvalue weighted by atomic mass is 32.1. The highest BCUT2D eigenvalue weighted by molar-refractivity contribution is 7.12. The Labute approximate surface area is 114 Å². The number of anilines is 1. The summed E-state index contributed by atoms with van der Waals surface area (Å²) in [5, 5.41) is 4.75. The van der Waals surface area contributed by atoms with Crippen molar-refractivity contribution in [2.75, 3.05) is 5.32 Å². The predicted octanol–water partition coefficient (Wildman–Crippen LogP) is 3.44. The van der Waals surface area contributed by atoms with E-state index < -0.39 is 0 Å². The molecule has 0 aliphatic rings. The number of rotatable bonds is 3. The van der Waals surface area contributed by atoms with Crippen LogP contribution < -0.4 is 5.32 Å². The summed E-state index contributed by atoms with van der Waals surface area (Å²) in [6, 6.07) is 9.67. The lowest BCUT2D eigenvalue weighted by atomic mass is 10.2. The van der Waals surface area contributed by atoms with Crippen LogP contribution in [0.25, 0.3) is 11.0 Å². The third kappa shape index (κ3) is 2.24. The fraction of sp³-hybridized carbons (Fsp3) is 0.143. The molecule has 0 saturated carbocycles.